The minimum absolute atomic E-state index is 0.0271. The van der Waals surface area contributed by atoms with Gasteiger partial charge in [-0.15, -0.1) is 0 Å². The van der Waals surface area contributed by atoms with Gasteiger partial charge >= 0.3 is 0 Å². The van der Waals surface area contributed by atoms with Crippen LogP contribution >= 0.6 is 23.5 Å². The monoisotopic (exact) mass is 664 g/mol. The molecule has 0 radical (unpaired) electrons. The summed E-state index contributed by atoms with van der Waals surface area (Å²) in [6, 6.07) is 14.1. The molecule has 2 fully saturated rings. The van der Waals surface area contributed by atoms with Crippen LogP contribution in [0, 0.1) is 0 Å². The number of nitrogens with zero attached hydrogens (tertiary/aromatic N) is 4. The van der Waals surface area contributed by atoms with Crippen LogP contribution < -0.4 is 21.8 Å². The largest absolute Gasteiger partial charge is 0.376 e. The van der Waals surface area contributed by atoms with Gasteiger partial charge in [-0.2, -0.15) is 0 Å². The molecule has 2 aliphatic rings. The quantitative estimate of drug-likeness (QED) is 0.162. The lowest BCUT2D eigenvalue weighted by Crippen LogP contribution is -2.34. The highest BCUT2D eigenvalue weighted by atomic mass is 32.2. The van der Waals surface area contributed by atoms with E-state index in [2.05, 4.69) is 10.6 Å². The molecule has 2 aliphatic heterocycles. The first-order valence-corrected chi connectivity index (χ1v) is 17.4. The van der Waals surface area contributed by atoms with Gasteiger partial charge in [-0.25, -0.2) is 9.97 Å². The van der Waals surface area contributed by atoms with E-state index in [-0.39, 0.29) is 59.7 Å². The molecule has 2 aromatic heterocycles. The minimum Gasteiger partial charge on any atom is -0.376 e. The third-order valence-corrected chi connectivity index (χ3v) is 9.92. The second kappa shape index (κ2) is 15.2. The highest BCUT2D eigenvalue weighted by Gasteiger charge is 2.20. The van der Waals surface area contributed by atoms with Gasteiger partial charge in [-0.05, 0) is 49.9 Å². The Morgan fingerprint density at radius 1 is 0.717 bits per heavy atom. The first kappa shape index (κ1) is 32.2. The fourth-order valence-electron chi connectivity index (χ4n) is 5.54. The minimum atomic E-state index is -0.266. The van der Waals surface area contributed by atoms with E-state index < -0.39 is 0 Å². The fraction of sp³-hybridized carbons (Fsp3) is 0.438. The lowest BCUT2D eigenvalue weighted by Gasteiger charge is -2.17. The molecule has 242 valence electrons. The van der Waals surface area contributed by atoms with Gasteiger partial charge in [0.05, 0.1) is 45.5 Å². The molecule has 46 heavy (non-hydrogen) atoms. The predicted molar refractivity (Wildman–Crippen MR) is 177 cm³/mol. The van der Waals surface area contributed by atoms with E-state index in [1.165, 1.54) is 32.7 Å². The van der Waals surface area contributed by atoms with Crippen molar-refractivity contribution in [2.24, 2.45) is 0 Å². The van der Waals surface area contributed by atoms with Crippen LogP contribution in [0.1, 0.15) is 25.7 Å². The zero-order chi connectivity index (χ0) is 31.9. The molecule has 6 rings (SSSR count). The van der Waals surface area contributed by atoms with Crippen molar-refractivity contribution in [3.8, 4) is 0 Å². The van der Waals surface area contributed by atoms with Crippen molar-refractivity contribution in [1.82, 2.24) is 29.7 Å². The molecule has 2 aromatic carbocycles. The van der Waals surface area contributed by atoms with Crippen LogP contribution in [-0.4, -0.2) is 80.9 Å². The molecule has 0 unspecified atom stereocenters. The SMILES string of the molecule is O=C(CSc1nc2ccccc2c(=O)n1CCn1c(SCC(=O)NC[C@@H]2CCCO2)nc2ccccc2c1=O)NC[C@@H]1CCCO1. The summed E-state index contributed by atoms with van der Waals surface area (Å²) in [6.07, 6.45) is 3.87. The van der Waals surface area contributed by atoms with Crippen molar-refractivity contribution in [2.75, 3.05) is 37.8 Å². The van der Waals surface area contributed by atoms with Gasteiger partial charge in [0.15, 0.2) is 10.3 Å². The van der Waals surface area contributed by atoms with Crippen LogP contribution in [0.3, 0.4) is 0 Å². The molecule has 0 saturated carbocycles. The Morgan fingerprint density at radius 2 is 1.15 bits per heavy atom. The summed E-state index contributed by atoms with van der Waals surface area (Å²) in [5, 5.41) is 7.45. The second-order valence-electron chi connectivity index (χ2n) is 11.2. The zero-order valence-electron chi connectivity index (χ0n) is 25.3. The van der Waals surface area contributed by atoms with E-state index in [0.717, 1.165) is 25.7 Å². The van der Waals surface area contributed by atoms with Crippen molar-refractivity contribution in [3.63, 3.8) is 0 Å². The number of benzene rings is 2. The van der Waals surface area contributed by atoms with Crippen molar-refractivity contribution < 1.29 is 19.1 Å². The number of fused-ring (bicyclic) bond motifs is 2. The topological polar surface area (TPSA) is 146 Å². The summed E-state index contributed by atoms with van der Waals surface area (Å²) >= 11 is 2.34. The van der Waals surface area contributed by atoms with Gasteiger partial charge in [-0.1, -0.05) is 47.8 Å². The number of nitrogens with one attached hydrogen (secondary N) is 2. The number of hydrogen-bond acceptors (Lipinski definition) is 10. The number of ether oxygens (including phenoxy) is 2. The van der Waals surface area contributed by atoms with Crippen LogP contribution in [-0.2, 0) is 32.2 Å². The molecule has 0 bridgehead atoms. The molecular formula is C32H36N6O6S2. The first-order valence-electron chi connectivity index (χ1n) is 15.5. The molecule has 0 spiro atoms. The number of hydrogen-bond donors (Lipinski definition) is 2. The summed E-state index contributed by atoms with van der Waals surface area (Å²) in [4.78, 5) is 62.2. The van der Waals surface area contributed by atoms with E-state index in [1.54, 1.807) is 36.4 Å². The number of thioether (sulfide) groups is 2. The first-order chi connectivity index (χ1) is 22.5. The maximum Gasteiger partial charge on any atom is 0.262 e. The predicted octanol–water partition coefficient (Wildman–Crippen LogP) is 2.58. The smallest absolute Gasteiger partial charge is 0.262 e. The van der Waals surface area contributed by atoms with Crippen molar-refractivity contribution in [1.29, 1.82) is 0 Å². The van der Waals surface area contributed by atoms with Crippen LogP contribution in [0.25, 0.3) is 21.8 Å². The highest BCUT2D eigenvalue weighted by molar-refractivity contribution is 8.00. The van der Waals surface area contributed by atoms with Gasteiger partial charge in [0.2, 0.25) is 11.8 Å². The second-order valence-corrected chi connectivity index (χ2v) is 13.1. The molecule has 4 heterocycles. The molecule has 12 nitrogen and oxygen atoms in total. The average Bonchev–Trinajstić information content (AvgIpc) is 3.80. The lowest BCUT2D eigenvalue weighted by molar-refractivity contribution is -0.119. The van der Waals surface area contributed by atoms with E-state index in [1.807, 2.05) is 12.1 Å². The van der Waals surface area contributed by atoms with E-state index in [0.29, 0.717) is 58.4 Å². The molecule has 14 heteroatoms. The molecule has 2 N–H and O–H groups in total. The summed E-state index contributed by atoms with van der Waals surface area (Å²) < 4.78 is 14.2. The van der Waals surface area contributed by atoms with Gasteiger partial charge in [-0.3, -0.25) is 28.3 Å². The molecule has 2 saturated heterocycles. The van der Waals surface area contributed by atoms with Gasteiger partial charge in [0.25, 0.3) is 11.1 Å². The van der Waals surface area contributed by atoms with Crippen molar-refractivity contribution in [2.45, 2.75) is 61.3 Å². The maximum atomic E-state index is 13.7. The normalized spacial score (nSPS) is 17.9. The van der Waals surface area contributed by atoms with Gasteiger partial charge in [0.1, 0.15) is 0 Å². The molecular weight excluding hydrogens is 629 g/mol. The van der Waals surface area contributed by atoms with Crippen LogP contribution in [0.2, 0.25) is 0 Å². The Kier molecular flexibility index (Phi) is 10.7. The standard InChI is InChI=1S/C32H36N6O6S2/c39-27(33-17-21-7-5-15-43-21)19-45-31-35-25-11-3-1-9-23(25)29(41)37(31)13-14-38-30(42)24-10-2-4-12-26(24)36-32(38)46-20-28(40)34-18-22-8-6-16-44-22/h1-4,9-12,21-22H,5-8,13-20H2,(H,33,39)(H,34,40)/t21-,22-/m0/s1. The summed E-state index contributed by atoms with van der Waals surface area (Å²) in [5.41, 5.74) is 0.524. The average molecular weight is 665 g/mol. The van der Waals surface area contributed by atoms with Crippen LogP contribution in [0.5, 0.6) is 0 Å². The summed E-state index contributed by atoms with van der Waals surface area (Å²) in [5.74, 6) is -0.226. The Hall–Kier alpha value is -3.72. The number of para-hydroxylation sites is 2. The number of aromatic nitrogens is 4. The molecule has 2 amide bonds. The fourth-order valence-corrected chi connectivity index (χ4v) is 7.25. The Balaban J connectivity index is 1.22. The third-order valence-electron chi connectivity index (χ3n) is 7.97. The van der Waals surface area contributed by atoms with Crippen LogP contribution in [0.4, 0.5) is 0 Å². The molecule has 4 aromatic rings. The molecule has 2 atom stereocenters. The van der Waals surface area contributed by atoms with E-state index >= 15 is 0 Å². The number of carbonyl (C=O) groups excluding carboxylic acids is 2. The van der Waals surface area contributed by atoms with E-state index in [4.69, 9.17) is 19.4 Å². The van der Waals surface area contributed by atoms with Crippen LogP contribution in [0.15, 0.2) is 68.4 Å². The number of amides is 2. The Labute approximate surface area is 273 Å². The van der Waals surface area contributed by atoms with E-state index in [9.17, 15) is 19.2 Å². The van der Waals surface area contributed by atoms with Crippen molar-refractivity contribution in [3.05, 3.63) is 69.2 Å². The lowest BCUT2D eigenvalue weighted by atomic mass is 10.2. The van der Waals surface area contributed by atoms with Crippen molar-refractivity contribution >= 4 is 57.1 Å². The number of rotatable bonds is 13. The zero-order valence-corrected chi connectivity index (χ0v) is 26.9. The third kappa shape index (κ3) is 7.80. The Morgan fingerprint density at radius 3 is 1.57 bits per heavy atom. The maximum absolute atomic E-state index is 13.7. The van der Waals surface area contributed by atoms with Gasteiger partial charge in [0, 0.05) is 39.4 Å². The highest BCUT2D eigenvalue weighted by Crippen LogP contribution is 2.21. The molecule has 0 aliphatic carbocycles. The van der Waals surface area contributed by atoms with Gasteiger partial charge < -0.3 is 20.1 Å². The summed E-state index contributed by atoms with van der Waals surface area (Å²) in [6.45, 7) is 2.53. The summed E-state index contributed by atoms with van der Waals surface area (Å²) in [7, 11) is 0. The Bertz CT molecular complexity index is 1700. The number of carbonyl (C=O) groups is 2.